The van der Waals surface area contributed by atoms with E-state index >= 15 is 0 Å². The van der Waals surface area contributed by atoms with Crippen LogP contribution in [-0.4, -0.2) is 44.1 Å². The minimum absolute atomic E-state index is 0.282. The third-order valence-electron chi connectivity index (χ3n) is 3.01. The molecule has 1 N–H and O–H groups in total. The predicted octanol–water partition coefficient (Wildman–Crippen LogP) is 5.55. The summed E-state index contributed by atoms with van der Waals surface area (Å²) in [6, 6.07) is 4.79. The average Bonchev–Trinajstić information content (AvgIpc) is 2.98. The Morgan fingerprint density at radius 2 is 1.93 bits per heavy atom. The molecule has 0 saturated heterocycles. The molecule has 144 valence electrons. The maximum atomic E-state index is 12.1. The molecule has 0 aliphatic carbocycles. The molecule has 6 nitrogen and oxygen atoms in total. The first kappa shape index (κ1) is 21.5. The maximum absolute atomic E-state index is 12.1. The van der Waals surface area contributed by atoms with Crippen molar-refractivity contribution >= 4 is 75.4 Å². The predicted molar refractivity (Wildman–Crippen MR) is 115 cm³/mol. The molecule has 0 amide bonds. The van der Waals surface area contributed by atoms with Crippen molar-refractivity contribution in [3.8, 4) is 0 Å². The zero-order valence-corrected chi connectivity index (χ0v) is 17.9. The Hall–Kier alpha value is -1.80. The molecule has 10 heteroatoms. The van der Waals surface area contributed by atoms with Crippen molar-refractivity contribution in [2.24, 2.45) is 10.1 Å². The lowest BCUT2D eigenvalue weighted by molar-refractivity contribution is 0.0528. The highest BCUT2D eigenvalue weighted by Crippen LogP contribution is 2.34. The van der Waals surface area contributed by atoms with Crippen LogP contribution in [0.3, 0.4) is 0 Å². The summed E-state index contributed by atoms with van der Waals surface area (Å²) in [5, 5.41) is 5.78. The lowest BCUT2D eigenvalue weighted by Crippen LogP contribution is -2.07. The quantitative estimate of drug-likeness (QED) is 0.261. The van der Waals surface area contributed by atoms with Crippen LogP contribution in [0, 0.1) is 0 Å². The van der Waals surface area contributed by atoms with Crippen LogP contribution in [0.5, 0.6) is 0 Å². The summed E-state index contributed by atoms with van der Waals surface area (Å²) in [4.78, 5) is 18.9. The second-order valence-corrected chi connectivity index (χ2v) is 7.72. The number of hydrogen-bond donors (Lipinski definition) is 1. The summed E-state index contributed by atoms with van der Waals surface area (Å²) in [6.45, 7) is 2.03. The molecule has 2 aromatic rings. The summed E-state index contributed by atoms with van der Waals surface area (Å²) in [6.07, 6.45) is 3.16. The SMILES string of the molecule is CCOC(=O)c1cc(/C=N/Nc2c(Cl)cc(Cl)cc2Cl)sc1/N=C/N(C)C. The molecule has 0 aliphatic heterocycles. The number of hydrazone groups is 1. The molecule has 1 heterocycles. The lowest BCUT2D eigenvalue weighted by atomic mass is 10.3. The van der Waals surface area contributed by atoms with Crippen molar-refractivity contribution in [2.75, 3.05) is 26.1 Å². The Bertz CT molecular complexity index is 858. The number of halogens is 3. The van der Waals surface area contributed by atoms with E-state index in [1.54, 1.807) is 42.6 Å². The molecule has 0 saturated carbocycles. The van der Waals surface area contributed by atoms with Crippen molar-refractivity contribution in [2.45, 2.75) is 6.92 Å². The summed E-state index contributed by atoms with van der Waals surface area (Å²) < 4.78 is 5.08. The minimum atomic E-state index is -0.434. The molecule has 0 spiro atoms. The Kier molecular flexibility index (Phi) is 7.91. The summed E-state index contributed by atoms with van der Waals surface area (Å²) in [5.41, 5.74) is 3.60. The molecule has 0 atom stereocenters. The normalized spacial score (nSPS) is 11.3. The number of carbonyl (C=O) groups is 1. The van der Waals surface area contributed by atoms with Crippen molar-refractivity contribution in [1.29, 1.82) is 0 Å². The lowest BCUT2D eigenvalue weighted by Gasteiger charge is -2.06. The standard InChI is InChI=1S/C17H17Cl3N4O2S/c1-4-26-17(25)12-7-11(27-16(12)21-9-24(2)3)8-22-23-15-13(19)5-10(18)6-14(15)20/h5-9,23H,4H2,1-3H3/b21-9+,22-8+. The second-order valence-electron chi connectivity index (χ2n) is 5.41. The highest BCUT2D eigenvalue weighted by molar-refractivity contribution is 7.17. The number of thiophene rings is 1. The first-order valence-electron chi connectivity index (χ1n) is 7.77. The van der Waals surface area contributed by atoms with E-state index in [1.807, 2.05) is 14.1 Å². The number of ether oxygens (including phenoxy) is 1. The number of nitrogens with one attached hydrogen (secondary N) is 1. The highest BCUT2D eigenvalue weighted by Gasteiger charge is 2.16. The van der Waals surface area contributed by atoms with Gasteiger partial charge in [0.2, 0.25) is 0 Å². The Morgan fingerprint density at radius 3 is 2.52 bits per heavy atom. The van der Waals surface area contributed by atoms with Crippen molar-refractivity contribution in [3.63, 3.8) is 0 Å². The number of rotatable bonds is 7. The molecule has 27 heavy (non-hydrogen) atoms. The molecule has 0 fully saturated rings. The van der Waals surface area contributed by atoms with Gasteiger partial charge in [-0.15, -0.1) is 11.3 Å². The van der Waals surface area contributed by atoms with Crippen LogP contribution in [0.1, 0.15) is 22.2 Å². The molecular formula is C17H17Cl3N4O2S. The number of benzene rings is 1. The maximum Gasteiger partial charge on any atom is 0.341 e. The molecule has 0 bridgehead atoms. The highest BCUT2D eigenvalue weighted by atomic mass is 35.5. The number of esters is 1. The van der Waals surface area contributed by atoms with E-state index in [-0.39, 0.29) is 6.61 Å². The molecule has 2 rings (SSSR count). The molecule has 1 aromatic heterocycles. The van der Waals surface area contributed by atoms with Crippen LogP contribution in [0.15, 0.2) is 28.3 Å². The number of aliphatic imine (C=N–C) groups is 1. The van der Waals surface area contributed by atoms with E-state index < -0.39 is 5.97 Å². The van der Waals surface area contributed by atoms with Gasteiger partial charge in [-0.05, 0) is 25.1 Å². The summed E-state index contributed by atoms with van der Waals surface area (Å²) >= 11 is 19.4. The summed E-state index contributed by atoms with van der Waals surface area (Å²) in [7, 11) is 3.68. The van der Waals surface area contributed by atoms with E-state index in [9.17, 15) is 4.79 Å². The van der Waals surface area contributed by atoms with Crippen molar-refractivity contribution < 1.29 is 9.53 Å². The fraction of sp³-hybridized carbons (Fsp3) is 0.235. The minimum Gasteiger partial charge on any atom is -0.462 e. The Labute approximate surface area is 176 Å². The van der Waals surface area contributed by atoms with Crippen LogP contribution in [-0.2, 0) is 4.74 Å². The third kappa shape index (κ3) is 6.10. The fourth-order valence-corrected chi connectivity index (χ4v) is 3.65. The fourth-order valence-electron chi connectivity index (χ4n) is 1.89. The number of nitrogens with zero attached hydrogens (tertiary/aromatic N) is 3. The first-order valence-corrected chi connectivity index (χ1v) is 9.72. The van der Waals surface area contributed by atoms with Crippen LogP contribution in [0.2, 0.25) is 15.1 Å². The van der Waals surface area contributed by atoms with Gasteiger partial charge in [-0.2, -0.15) is 5.10 Å². The molecular weight excluding hydrogens is 431 g/mol. The Morgan fingerprint density at radius 1 is 1.26 bits per heavy atom. The second kappa shape index (κ2) is 9.94. The van der Waals surface area contributed by atoms with E-state index in [1.165, 1.54) is 11.3 Å². The van der Waals surface area contributed by atoms with Gasteiger partial charge in [-0.1, -0.05) is 34.8 Å². The van der Waals surface area contributed by atoms with Crippen molar-refractivity contribution in [3.05, 3.63) is 43.7 Å². The smallest absolute Gasteiger partial charge is 0.341 e. The zero-order valence-electron chi connectivity index (χ0n) is 14.8. The summed E-state index contributed by atoms with van der Waals surface area (Å²) in [5.74, 6) is -0.434. The van der Waals surface area contributed by atoms with Gasteiger partial charge < -0.3 is 9.64 Å². The van der Waals surface area contributed by atoms with Crippen molar-refractivity contribution in [1.82, 2.24) is 4.90 Å². The number of anilines is 1. The number of carbonyl (C=O) groups excluding carboxylic acids is 1. The van der Waals surface area contributed by atoms with Crippen LogP contribution in [0.4, 0.5) is 10.7 Å². The van der Waals surface area contributed by atoms with E-state index in [4.69, 9.17) is 39.5 Å². The number of hydrogen-bond acceptors (Lipinski definition) is 6. The largest absolute Gasteiger partial charge is 0.462 e. The Balaban J connectivity index is 2.24. The zero-order chi connectivity index (χ0) is 20.0. The average molecular weight is 448 g/mol. The topological polar surface area (TPSA) is 66.3 Å². The van der Waals surface area contributed by atoms with Gasteiger partial charge in [0.15, 0.2) is 0 Å². The molecule has 1 aromatic carbocycles. The van der Waals surface area contributed by atoms with E-state index in [0.29, 0.717) is 36.2 Å². The first-order chi connectivity index (χ1) is 12.8. The van der Waals surface area contributed by atoms with Crippen LogP contribution in [0.25, 0.3) is 0 Å². The third-order valence-corrected chi connectivity index (χ3v) is 4.80. The van der Waals surface area contributed by atoms with E-state index in [2.05, 4.69) is 15.5 Å². The molecule has 0 unspecified atom stereocenters. The van der Waals surface area contributed by atoms with Gasteiger partial charge in [-0.3, -0.25) is 5.43 Å². The van der Waals surface area contributed by atoms with Gasteiger partial charge in [0.25, 0.3) is 0 Å². The van der Waals surface area contributed by atoms with Gasteiger partial charge in [-0.25, -0.2) is 9.79 Å². The van der Waals surface area contributed by atoms with Gasteiger partial charge in [0, 0.05) is 19.1 Å². The molecule has 0 aliphatic rings. The van der Waals surface area contributed by atoms with Gasteiger partial charge >= 0.3 is 5.97 Å². The van der Waals surface area contributed by atoms with Gasteiger partial charge in [0.1, 0.15) is 5.00 Å². The van der Waals surface area contributed by atoms with Gasteiger partial charge in [0.05, 0.1) is 45.3 Å². The monoisotopic (exact) mass is 446 g/mol. The van der Waals surface area contributed by atoms with Crippen LogP contribution < -0.4 is 5.43 Å². The van der Waals surface area contributed by atoms with E-state index in [0.717, 1.165) is 0 Å². The molecule has 0 radical (unpaired) electrons. The van der Waals surface area contributed by atoms with Crippen LogP contribution >= 0.6 is 46.1 Å².